The SMILES string of the molecule is CCOc1ccc(NC(=O)[C@H]2Sc3ccc(C)n3N[C@@H]2c2ccc(OC)cc2)cc1. The summed E-state index contributed by atoms with van der Waals surface area (Å²) in [5, 5.41) is 3.73. The van der Waals surface area contributed by atoms with Crippen molar-refractivity contribution in [3.8, 4) is 11.5 Å². The molecule has 4 rings (SSSR count). The van der Waals surface area contributed by atoms with E-state index in [1.807, 2.05) is 79.2 Å². The Hall–Kier alpha value is -3.06. The van der Waals surface area contributed by atoms with Crippen LogP contribution >= 0.6 is 11.8 Å². The van der Waals surface area contributed by atoms with E-state index in [9.17, 15) is 4.79 Å². The highest BCUT2D eigenvalue weighted by Crippen LogP contribution is 2.39. The maximum absolute atomic E-state index is 13.3. The average molecular weight is 424 g/mol. The van der Waals surface area contributed by atoms with Gasteiger partial charge in [-0.1, -0.05) is 23.9 Å². The summed E-state index contributed by atoms with van der Waals surface area (Å²) in [6, 6.07) is 19.2. The molecule has 2 atom stereocenters. The quantitative estimate of drug-likeness (QED) is 0.607. The fraction of sp³-hybridized carbons (Fsp3) is 0.261. The van der Waals surface area contributed by atoms with Crippen LogP contribution in [0.5, 0.6) is 11.5 Å². The van der Waals surface area contributed by atoms with Gasteiger partial charge in [0.2, 0.25) is 5.91 Å². The number of anilines is 1. The summed E-state index contributed by atoms with van der Waals surface area (Å²) in [5.74, 6) is 1.52. The van der Waals surface area contributed by atoms with Crippen molar-refractivity contribution >= 4 is 23.4 Å². The second-order valence-corrected chi connectivity index (χ2v) is 8.18. The number of ether oxygens (including phenoxy) is 2. The fourth-order valence-electron chi connectivity index (χ4n) is 3.46. The Bertz CT molecular complexity index is 1020. The van der Waals surface area contributed by atoms with E-state index >= 15 is 0 Å². The molecule has 2 N–H and O–H groups in total. The molecule has 0 saturated carbocycles. The molecule has 0 radical (unpaired) electrons. The lowest BCUT2D eigenvalue weighted by molar-refractivity contribution is -0.116. The maximum atomic E-state index is 13.3. The highest BCUT2D eigenvalue weighted by atomic mass is 32.2. The number of nitrogens with zero attached hydrogens (tertiary/aromatic N) is 1. The van der Waals surface area contributed by atoms with Crippen LogP contribution in [0.1, 0.15) is 24.2 Å². The first-order valence-corrected chi connectivity index (χ1v) is 10.8. The molecule has 1 aliphatic heterocycles. The van der Waals surface area contributed by atoms with E-state index < -0.39 is 0 Å². The van der Waals surface area contributed by atoms with Gasteiger partial charge in [0.25, 0.3) is 0 Å². The molecule has 2 aromatic carbocycles. The van der Waals surface area contributed by atoms with Crippen LogP contribution in [0.25, 0.3) is 0 Å². The summed E-state index contributed by atoms with van der Waals surface area (Å²) in [7, 11) is 1.65. The van der Waals surface area contributed by atoms with Gasteiger partial charge in [-0.05, 0) is 67.9 Å². The standard InChI is InChI=1S/C23H25N3O3S/c1-4-29-19-12-8-17(9-13-19)24-23(27)22-21(16-6-10-18(28-3)11-7-16)25-26-15(2)5-14-20(26)30-22/h5-14,21-22,25H,4H2,1-3H3,(H,24,27)/t21-,22+/m1/s1. The van der Waals surface area contributed by atoms with Crippen LogP contribution in [-0.2, 0) is 4.79 Å². The minimum absolute atomic E-state index is 0.0532. The Morgan fingerprint density at radius 2 is 1.77 bits per heavy atom. The van der Waals surface area contributed by atoms with Crippen molar-refractivity contribution in [1.82, 2.24) is 4.68 Å². The summed E-state index contributed by atoms with van der Waals surface area (Å²) in [4.78, 5) is 13.3. The fourth-order valence-corrected chi connectivity index (χ4v) is 4.69. The first-order valence-electron chi connectivity index (χ1n) is 9.88. The van der Waals surface area contributed by atoms with Gasteiger partial charge in [0.05, 0.1) is 24.8 Å². The minimum Gasteiger partial charge on any atom is -0.497 e. The summed E-state index contributed by atoms with van der Waals surface area (Å²) in [6.07, 6.45) is 0. The van der Waals surface area contributed by atoms with Crippen molar-refractivity contribution in [1.29, 1.82) is 0 Å². The first kappa shape index (κ1) is 20.2. The number of carbonyl (C=O) groups is 1. The van der Waals surface area contributed by atoms with Gasteiger partial charge >= 0.3 is 0 Å². The van der Waals surface area contributed by atoms with Gasteiger partial charge in [-0.2, -0.15) is 0 Å². The third-order valence-electron chi connectivity index (χ3n) is 5.03. The molecule has 0 fully saturated rings. The number of thioether (sulfide) groups is 1. The molecule has 0 unspecified atom stereocenters. The summed E-state index contributed by atoms with van der Waals surface area (Å²) < 4.78 is 12.8. The van der Waals surface area contributed by atoms with E-state index in [0.717, 1.165) is 33.5 Å². The number of fused-ring (bicyclic) bond motifs is 1. The van der Waals surface area contributed by atoms with Gasteiger partial charge in [-0.15, -0.1) is 0 Å². The maximum Gasteiger partial charge on any atom is 0.240 e. The highest BCUT2D eigenvalue weighted by molar-refractivity contribution is 8.00. The highest BCUT2D eigenvalue weighted by Gasteiger charge is 2.36. The predicted octanol–water partition coefficient (Wildman–Crippen LogP) is 4.60. The number of aryl methyl sites for hydroxylation is 1. The zero-order chi connectivity index (χ0) is 21.1. The van der Waals surface area contributed by atoms with Crippen molar-refractivity contribution in [2.75, 3.05) is 24.5 Å². The van der Waals surface area contributed by atoms with Crippen LogP contribution in [0.2, 0.25) is 0 Å². The molecule has 0 saturated heterocycles. The van der Waals surface area contributed by atoms with E-state index in [0.29, 0.717) is 6.61 Å². The van der Waals surface area contributed by atoms with Crippen LogP contribution in [0.4, 0.5) is 5.69 Å². The van der Waals surface area contributed by atoms with Crippen molar-refractivity contribution in [3.05, 3.63) is 71.9 Å². The average Bonchev–Trinajstić information content (AvgIpc) is 3.14. The number of methoxy groups -OCH3 is 1. The normalized spacial score (nSPS) is 17.6. The first-order chi connectivity index (χ1) is 14.6. The van der Waals surface area contributed by atoms with Crippen molar-refractivity contribution in [2.24, 2.45) is 0 Å². The van der Waals surface area contributed by atoms with Gasteiger partial charge in [0.1, 0.15) is 16.7 Å². The smallest absolute Gasteiger partial charge is 0.240 e. The molecule has 3 aromatic rings. The Labute approximate surface area is 180 Å². The van der Waals surface area contributed by atoms with E-state index in [2.05, 4.69) is 10.7 Å². The van der Waals surface area contributed by atoms with Gasteiger partial charge in [-0.25, -0.2) is 0 Å². The summed E-state index contributed by atoms with van der Waals surface area (Å²) in [5.41, 5.74) is 6.38. The second kappa shape index (κ2) is 8.75. The van der Waals surface area contributed by atoms with E-state index in [1.165, 1.54) is 0 Å². The van der Waals surface area contributed by atoms with Crippen LogP contribution < -0.4 is 20.2 Å². The van der Waals surface area contributed by atoms with Gasteiger partial charge in [0, 0.05) is 11.4 Å². The topological polar surface area (TPSA) is 64.5 Å². The Morgan fingerprint density at radius 1 is 1.07 bits per heavy atom. The van der Waals surface area contributed by atoms with Crippen molar-refractivity contribution in [3.63, 3.8) is 0 Å². The number of rotatable bonds is 6. The van der Waals surface area contributed by atoms with E-state index in [4.69, 9.17) is 9.47 Å². The van der Waals surface area contributed by atoms with E-state index in [1.54, 1.807) is 18.9 Å². The molecule has 0 bridgehead atoms. The van der Waals surface area contributed by atoms with Crippen LogP contribution in [-0.4, -0.2) is 29.5 Å². The molecule has 30 heavy (non-hydrogen) atoms. The minimum atomic E-state index is -0.341. The van der Waals surface area contributed by atoms with Crippen LogP contribution in [0.3, 0.4) is 0 Å². The van der Waals surface area contributed by atoms with E-state index in [-0.39, 0.29) is 17.2 Å². The van der Waals surface area contributed by atoms with Gasteiger partial charge in [0.15, 0.2) is 0 Å². The monoisotopic (exact) mass is 423 g/mol. The molecule has 1 aliphatic rings. The molecule has 0 spiro atoms. The van der Waals surface area contributed by atoms with Gasteiger partial charge < -0.3 is 20.2 Å². The Balaban J connectivity index is 1.59. The van der Waals surface area contributed by atoms with Crippen molar-refractivity contribution < 1.29 is 14.3 Å². The predicted molar refractivity (Wildman–Crippen MR) is 120 cm³/mol. The van der Waals surface area contributed by atoms with Crippen LogP contribution in [0.15, 0.2) is 65.7 Å². The Kier molecular flexibility index (Phi) is 5.90. The lowest BCUT2D eigenvalue weighted by Gasteiger charge is -2.34. The van der Waals surface area contributed by atoms with Gasteiger partial charge in [-0.3, -0.25) is 9.47 Å². The molecule has 1 aromatic heterocycles. The molecule has 6 nitrogen and oxygen atoms in total. The molecule has 7 heteroatoms. The molecular weight excluding hydrogens is 398 g/mol. The number of hydrogen-bond donors (Lipinski definition) is 2. The molecule has 156 valence electrons. The molecule has 1 amide bonds. The number of carbonyl (C=O) groups excluding carboxylic acids is 1. The third-order valence-corrected chi connectivity index (χ3v) is 6.33. The lowest BCUT2D eigenvalue weighted by Crippen LogP contribution is -2.41. The summed E-state index contributed by atoms with van der Waals surface area (Å²) >= 11 is 1.56. The summed E-state index contributed by atoms with van der Waals surface area (Å²) in [6.45, 7) is 4.60. The largest absolute Gasteiger partial charge is 0.497 e. The number of nitrogens with one attached hydrogen (secondary N) is 2. The van der Waals surface area contributed by atoms with Crippen molar-refractivity contribution in [2.45, 2.75) is 30.2 Å². The Morgan fingerprint density at radius 3 is 2.43 bits per heavy atom. The third kappa shape index (κ3) is 4.11. The second-order valence-electron chi connectivity index (χ2n) is 7.01. The number of benzene rings is 2. The molecular formula is C23H25N3O3S. The van der Waals surface area contributed by atoms with Crippen LogP contribution in [0, 0.1) is 6.92 Å². The number of aromatic nitrogens is 1. The molecule has 0 aliphatic carbocycles. The number of amides is 1. The zero-order valence-electron chi connectivity index (χ0n) is 17.2. The lowest BCUT2D eigenvalue weighted by atomic mass is 10.0. The molecule has 2 heterocycles. The zero-order valence-corrected chi connectivity index (χ0v) is 18.0. The number of hydrogen-bond acceptors (Lipinski definition) is 5.